The smallest absolute Gasteiger partial charge is 0.253 e. The molecule has 0 aliphatic carbocycles. The average molecular weight is 420 g/mol. The van der Waals surface area contributed by atoms with Crippen molar-refractivity contribution in [2.45, 2.75) is 38.4 Å². The molecule has 2 unspecified atom stereocenters. The maximum atomic E-state index is 12.6. The van der Waals surface area contributed by atoms with Crippen LogP contribution in [-0.2, 0) is 14.3 Å². The van der Waals surface area contributed by atoms with E-state index < -0.39 is 6.10 Å². The zero-order chi connectivity index (χ0) is 20.6. The minimum absolute atomic E-state index is 0.0548. The normalized spacial score (nSPS) is 17.4. The Labute approximate surface area is 176 Å². The standard InChI is InChI=1S/C22H26ClNO5/c1-15(28-14-19-5-3-4-12-27-19)22(25)24-20-13-16(23)6-11-21(20)29-18-9-7-17(26-2)8-10-18/h6-11,13,15,19H,3-5,12,14H2,1-2H3,(H,24,25). The highest BCUT2D eigenvalue weighted by atomic mass is 35.5. The second kappa shape index (κ2) is 10.5. The van der Waals surface area contributed by atoms with Gasteiger partial charge in [0, 0.05) is 11.6 Å². The van der Waals surface area contributed by atoms with E-state index in [1.165, 1.54) is 0 Å². The van der Waals surface area contributed by atoms with Crippen molar-refractivity contribution in [3.8, 4) is 17.2 Å². The highest BCUT2D eigenvalue weighted by molar-refractivity contribution is 6.31. The summed E-state index contributed by atoms with van der Waals surface area (Å²) in [5.74, 6) is 1.55. The largest absolute Gasteiger partial charge is 0.497 e. The number of carbonyl (C=O) groups excluding carboxylic acids is 1. The summed E-state index contributed by atoms with van der Waals surface area (Å²) in [5, 5.41) is 3.33. The fraction of sp³-hybridized carbons (Fsp3) is 0.409. The van der Waals surface area contributed by atoms with Crippen LogP contribution in [0, 0.1) is 0 Å². The Morgan fingerprint density at radius 3 is 2.66 bits per heavy atom. The highest BCUT2D eigenvalue weighted by Gasteiger charge is 2.20. The Morgan fingerprint density at radius 1 is 1.21 bits per heavy atom. The summed E-state index contributed by atoms with van der Waals surface area (Å²) in [6.07, 6.45) is 2.59. The summed E-state index contributed by atoms with van der Waals surface area (Å²) in [6.45, 7) is 2.87. The van der Waals surface area contributed by atoms with Crippen molar-refractivity contribution in [2.24, 2.45) is 0 Å². The van der Waals surface area contributed by atoms with E-state index in [9.17, 15) is 4.79 Å². The van der Waals surface area contributed by atoms with Gasteiger partial charge < -0.3 is 24.3 Å². The molecular formula is C22H26ClNO5. The third-order valence-corrected chi connectivity index (χ3v) is 4.90. The Morgan fingerprint density at radius 2 is 1.97 bits per heavy atom. The van der Waals surface area contributed by atoms with E-state index in [1.807, 2.05) is 0 Å². The number of carbonyl (C=O) groups is 1. The molecule has 0 aromatic heterocycles. The van der Waals surface area contributed by atoms with Crippen molar-refractivity contribution < 1.29 is 23.7 Å². The number of amides is 1. The monoisotopic (exact) mass is 419 g/mol. The lowest BCUT2D eigenvalue weighted by Gasteiger charge is -2.24. The van der Waals surface area contributed by atoms with Crippen LogP contribution >= 0.6 is 11.6 Å². The average Bonchev–Trinajstić information content (AvgIpc) is 2.75. The Hall–Kier alpha value is -2.28. The molecule has 2 aromatic rings. The van der Waals surface area contributed by atoms with Gasteiger partial charge in [0.25, 0.3) is 5.91 Å². The van der Waals surface area contributed by atoms with Gasteiger partial charge in [-0.25, -0.2) is 0 Å². The van der Waals surface area contributed by atoms with E-state index in [-0.39, 0.29) is 12.0 Å². The van der Waals surface area contributed by atoms with Crippen LogP contribution in [-0.4, -0.2) is 38.4 Å². The van der Waals surface area contributed by atoms with Crippen molar-refractivity contribution in [1.29, 1.82) is 0 Å². The quantitative estimate of drug-likeness (QED) is 0.648. The van der Waals surface area contributed by atoms with E-state index >= 15 is 0 Å². The van der Waals surface area contributed by atoms with Crippen LogP contribution in [0.1, 0.15) is 26.2 Å². The van der Waals surface area contributed by atoms with E-state index in [1.54, 1.807) is 56.5 Å². The molecule has 1 aliphatic heterocycles. The minimum atomic E-state index is -0.631. The fourth-order valence-electron chi connectivity index (χ4n) is 2.96. The predicted octanol–water partition coefficient (Wildman–Crippen LogP) is 5.05. The second-order valence-electron chi connectivity index (χ2n) is 6.87. The van der Waals surface area contributed by atoms with Gasteiger partial charge in [0.05, 0.1) is 25.5 Å². The number of methoxy groups -OCH3 is 1. The molecule has 1 N–H and O–H groups in total. The summed E-state index contributed by atoms with van der Waals surface area (Å²) in [5.41, 5.74) is 0.475. The van der Waals surface area contributed by atoms with Crippen LogP contribution in [0.5, 0.6) is 17.2 Å². The van der Waals surface area contributed by atoms with E-state index in [0.29, 0.717) is 28.8 Å². The second-order valence-corrected chi connectivity index (χ2v) is 7.31. The first-order chi connectivity index (χ1) is 14.0. The highest BCUT2D eigenvalue weighted by Crippen LogP contribution is 2.33. The number of benzene rings is 2. The summed E-state index contributed by atoms with van der Waals surface area (Å²) >= 11 is 6.11. The fourth-order valence-corrected chi connectivity index (χ4v) is 3.13. The molecule has 1 fully saturated rings. The van der Waals surface area contributed by atoms with Crippen molar-refractivity contribution >= 4 is 23.2 Å². The number of nitrogens with one attached hydrogen (secondary N) is 1. The molecule has 6 nitrogen and oxygen atoms in total. The summed E-state index contributed by atoms with van der Waals surface area (Å²) in [4.78, 5) is 12.6. The van der Waals surface area contributed by atoms with Gasteiger partial charge in [0.2, 0.25) is 0 Å². The molecular weight excluding hydrogens is 394 g/mol. The first-order valence-electron chi connectivity index (χ1n) is 9.70. The van der Waals surface area contributed by atoms with Crippen LogP contribution in [0.4, 0.5) is 5.69 Å². The molecule has 7 heteroatoms. The number of hydrogen-bond donors (Lipinski definition) is 1. The van der Waals surface area contributed by atoms with Crippen LogP contribution in [0.25, 0.3) is 0 Å². The Kier molecular flexibility index (Phi) is 7.75. The van der Waals surface area contributed by atoms with Gasteiger partial charge >= 0.3 is 0 Å². The molecule has 3 rings (SSSR count). The molecule has 1 heterocycles. The molecule has 0 saturated carbocycles. The molecule has 0 spiro atoms. The van der Waals surface area contributed by atoms with E-state index in [0.717, 1.165) is 31.6 Å². The first kappa shape index (κ1) is 21.4. The van der Waals surface area contributed by atoms with Gasteiger partial charge in [0.15, 0.2) is 5.75 Å². The van der Waals surface area contributed by atoms with Crippen LogP contribution < -0.4 is 14.8 Å². The minimum Gasteiger partial charge on any atom is -0.497 e. The number of hydrogen-bond acceptors (Lipinski definition) is 5. The Bertz CT molecular complexity index is 805. The molecule has 1 aliphatic rings. The van der Waals surface area contributed by atoms with E-state index in [2.05, 4.69) is 5.32 Å². The molecule has 0 bridgehead atoms. The lowest BCUT2D eigenvalue weighted by molar-refractivity contribution is -0.130. The topological polar surface area (TPSA) is 66.0 Å². The van der Waals surface area contributed by atoms with Crippen molar-refractivity contribution in [2.75, 3.05) is 25.6 Å². The van der Waals surface area contributed by atoms with Gasteiger partial charge in [0.1, 0.15) is 17.6 Å². The van der Waals surface area contributed by atoms with Gasteiger partial charge in [-0.15, -0.1) is 0 Å². The van der Waals surface area contributed by atoms with E-state index in [4.69, 9.17) is 30.5 Å². The lowest BCUT2D eigenvalue weighted by Crippen LogP contribution is -2.32. The molecule has 1 amide bonds. The predicted molar refractivity (Wildman–Crippen MR) is 112 cm³/mol. The maximum absolute atomic E-state index is 12.6. The van der Waals surface area contributed by atoms with Crippen molar-refractivity contribution in [3.63, 3.8) is 0 Å². The van der Waals surface area contributed by atoms with Gasteiger partial charge in [-0.1, -0.05) is 11.6 Å². The number of ether oxygens (including phenoxy) is 4. The van der Waals surface area contributed by atoms with Crippen molar-refractivity contribution in [1.82, 2.24) is 0 Å². The number of anilines is 1. The summed E-state index contributed by atoms with van der Waals surface area (Å²) in [6, 6.07) is 12.2. The van der Waals surface area contributed by atoms with Gasteiger partial charge in [-0.2, -0.15) is 0 Å². The molecule has 29 heavy (non-hydrogen) atoms. The number of halogens is 1. The summed E-state index contributed by atoms with van der Waals surface area (Å²) < 4.78 is 22.4. The lowest BCUT2D eigenvalue weighted by atomic mass is 10.1. The SMILES string of the molecule is COc1ccc(Oc2ccc(Cl)cc2NC(=O)C(C)OCC2CCCCO2)cc1. The third kappa shape index (κ3) is 6.35. The van der Waals surface area contributed by atoms with Gasteiger partial charge in [-0.3, -0.25) is 4.79 Å². The molecule has 1 saturated heterocycles. The zero-order valence-corrected chi connectivity index (χ0v) is 17.4. The van der Waals surface area contributed by atoms with Gasteiger partial charge in [-0.05, 0) is 68.7 Å². The summed E-state index contributed by atoms with van der Waals surface area (Å²) in [7, 11) is 1.60. The Balaban J connectivity index is 1.62. The molecule has 2 aromatic carbocycles. The first-order valence-corrected chi connectivity index (χ1v) is 10.1. The van der Waals surface area contributed by atoms with Crippen LogP contribution in [0.2, 0.25) is 5.02 Å². The molecule has 0 radical (unpaired) electrons. The van der Waals surface area contributed by atoms with Crippen LogP contribution in [0.15, 0.2) is 42.5 Å². The third-order valence-electron chi connectivity index (χ3n) is 4.66. The maximum Gasteiger partial charge on any atom is 0.253 e. The molecule has 2 atom stereocenters. The van der Waals surface area contributed by atoms with Crippen molar-refractivity contribution in [3.05, 3.63) is 47.5 Å². The molecule has 156 valence electrons. The van der Waals surface area contributed by atoms with Crippen LogP contribution in [0.3, 0.4) is 0 Å². The number of rotatable bonds is 8. The zero-order valence-electron chi connectivity index (χ0n) is 16.7.